The zero-order valence-electron chi connectivity index (χ0n) is 11.7. The van der Waals surface area contributed by atoms with Crippen LogP contribution in [-0.2, 0) is 19.6 Å². The van der Waals surface area contributed by atoms with E-state index in [1.807, 2.05) is 13.8 Å². The standard InChI is InChI=1S/C12H22N2O4S/c1-9-7-13(8-10(2)18-9)12(15)11-5-4-6-14(11)19(3,16)17/h9-11H,4-8H2,1-3H3/t9-,10+,11-/m0/s1. The van der Waals surface area contributed by atoms with Crippen LogP contribution in [0.15, 0.2) is 0 Å². The molecule has 7 heteroatoms. The van der Waals surface area contributed by atoms with Crippen molar-refractivity contribution in [3.8, 4) is 0 Å². The van der Waals surface area contributed by atoms with Gasteiger partial charge in [0.2, 0.25) is 15.9 Å². The van der Waals surface area contributed by atoms with Crippen molar-refractivity contribution in [1.29, 1.82) is 0 Å². The molecule has 2 aliphatic rings. The molecule has 2 heterocycles. The molecule has 19 heavy (non-hydrogen) atoms. The Kier molecular flexibility index (Phi) is 4.17. The smallest absolute Gasteiger partial charge is 0.241 e. The van der Waals surface area contributed by atoms with E-state index in [2.05, 4.69) is 0 Å². The van der Waals surface area contributed by atoms with Crippen molar-refractivity contribution in [2.75, 3.05) is 25.9 Å². The molecule has 0 unspecified atom stereocenters. The van der Waals surface area contributed by atoms with E-state index in [1.165, 1.54) is 10.6 Å². The molecule has 0 aromatic carbocycles. The molecule has 0 aromatic heterocycles. The van der Waals surface area contributed by atoms with Gasteiger partial charge in [0.05, 0.1) is 18.5 Å². The van der Waals surface area contributed by atoms with E-state index in [9.17, 15) is 13.2 Å². The SMILES string of the molecule is C[C@@H]1CN(C(=O)[C@@H]2CCCN2S(C)(=O)=O)C[C@H](C)O1. The second-order valence-corrected chi connectivity index (χ2v) is 7.47. The minimum atomic E-state index is -3.31. The summed E-state index contributed by atoms with van der Waals surface area (Å²) < 4.78 is 30.3. The summed E-state index contributed by atoms with van der Waals surface area (Å²) in [5.74, 6) is -0.0788. The van der Waals surface area contributed by atoms with Crippen LogP contribution < -0.4 is 0 Å². The second-order valence-electron chi connectivity index (χ2n) is 5.53. The largest absolute Gasteiger partial charge is 0.372 e. The number of carbonyl (C=O) groups is 1. The Morgan fingerprint density at radius 3 is 2.32 bits per heavy atom. The lowest BCUT2D eigenvalue weighted by Gasteiger charge is -2.37. The van der Waals surface area contributed by atoms with E-state index in [-0.39, 0.29) is 18.1 Å². The van der Waals surface area contributed by atoms with Crippen LogP contribution in [0.4, 0.5) is 0 Å². The number of hydrogen-bond acceptors (Lipinski definition) is 4. The molecule has 110 valence electrons. The van der Waals surface area contributed by atoms with Gasteiger partial charge in [0.25, 0.3) is 0 Å². The van der Waals surface area contributed by atoms with E-state index < -0.39 is 16.1 Å². The van der Waals surface area contributed by atoms with E-state index in [4.69, 9.17) is 4.74 Å². The number of amides is 1. The Hall–Kier alpha value is -0.660. The number of carbonyl (C=O) groups excluding carboxylic acids is 1. The molecular weight excluding hydrogens is 268 g/mol. The number of ether oxygens (including phenoxy) is 1. The zero-order chi connectivity index (χ0) is 14.2. The minimum Gasteiger partial charge on any atom is -0.372 e. The highest BCUT2D eigenvalue weighted by Crippen LogP contribution is 2.23. The highest BCUT2D eigenvalue weighted by molar-refractivity contribution is 7.88. The average Bonchev–Trinajstić information content (AvgIpc) is 2.74. The molecule has 2 aliphatic heterocycles. The Bertz CT molecular complexity index is 441. The van der Waals surface area contributed by atoms with Crippen molar-refractivity contribution >= 4 is 15.9 Å². The summed E-state index contributed by atoms with van der Waals surface area (Å²) in [6, 6.07) is -0.521. The van der Waals surface area contributed by atoms with Crippen LogP contribution in [0, 0.1) is 0 Å². The molecule has 0 saturated carbocycles. The molecule has 6 nitrogen and oxygen atoms in total. The zero-order valence-corrected chi connectivity index (χ0v) is 12.5. The van der Waals surface area contributed by atoms with Gasteiger partial charge in [0.1, 0.15) is 6.04 Å². The Labute approximate surface area is 114 Å². The van der Waals surface area contributed by atoms with Crippen molar-refractivity contribution in [3.05, 3.63) is 0 Å². The van der Waals surface area contributed by atoms with E-state index in [1.54, 1.807) is 4.90 Å². The van der Waals surface area contributed by atoms with Crippen LogP contribution in [0.5, 0.6) is 0 Å². The van der Waals surface area contributed by atoms with Crippen molar-refractivity contribution in [1.82, 2.24) is 9.21 Å². The Morgan fingerprint density at radius 2 is 1.79 bits per heavy atom. The van der Waals surface area contributed by atoms with Crippen LogP contribution >= 0.6 is 0 Å². The second kappa shape index (κ2) is 5.38. The normalized spacial score (nSPS) is 33.6. The van der Waals surface area contributed by atoms with Crippen molar-refractivity contribution in [2.24, 2.45) is 0 Å². The summed E-state index contributed by atoms with van der Waals surface area (Å²) in [6.07, 6.45) is 2.54. The highest BCUT2D eigenvalue weighted by Gasteiger charge is 2.40. The van der Waals surface area contributed by atoms with Gasteiger partial charge in [0.15, 0.2) is 0 Å². The molecule has 0 N–H and O–H groups in total. The summed E-state index contributed by atoms with van der Waals surface area (Å²) in [4.78, 5) is 14.3. The number of morpholine rings is 1. The Morgan fingerprint density at radius 1 is 1.21 bits per heavy atom. The van der Waals surface area contributed by atoms with E-state index in [0.717, 1.165) is 6.42 Å². The van der Waals surface area contributed by atoms with Gasteiger partial charge in [-0.3, -0.25) is 4.79 Å². The van der Waals surface area contributed by atoms with Crippen LogP contribution in [-0.4, -0.2) is 67.7 Å². The number of nitrogens with zero attached hydrogens (tertiary/aromatic N) is 2. The number of hydrogen-bond donors (Lipinski definition) is 0. The summed E-state index contributed by atoms with van der Waals surface area (Å²) in [6.45, 7) is 5.39. The van der Waals surface area contributed by atoms with Gasteiger partial charge in [-0.1, -0.05) is 0 Å². The predicted molar refractivity (Wildman–Crippen MR) is 71.2 cm³/mol. The fraction of sp³-hybridized carbons (Fsp3) is 0.917. The first-order valence-corrected chi connectivity index (χ1v) is 8.55. The first-order valence-electron chi connectivity index (χ1n) is 6.70. The topological polar surface area (TPSA) is 66.9 Å². The molecule has 0 aliphatic carbocycles. The lowest BCUT2D eigenvalue weighted by Crippen LogP contribution is -2.54. The van der Waals surface area contributed by atoms with Gasteiger partial charge >= 0.3 is 0 Å². The average molecular weight is 290 g/mol. The molecule has 2 fully saturated rings. The third-order valence-electron chi connectivity index (χ3n) is 3.65. The van der Waals surface area contributed by atoms with Crippen LogP contribution in [0.2, 0.25) is 0 Å². The summed E-state index contributed by atoms with van der Waals surface area (Å²) in [5, 5.41) is 0. The maximum Gasteiger partial charge on any atom is 0.241 e. The maximum absolute atomic E-state index is 12.5. The number of rotatable bonds is 2. The van der Waals surface area contributed by atoms with Crippen molar-refractivity contribution < 1.29 is 17.9 Å². The first kappa shape index (κ1) is 14.7. The molecular formula is C12H22N2O4S. The van der Waals surface area contributed by atoms with Crippen LogP contribution in [0.25, 0.3) is 0 Å². The molecule has 1 amide bonds. The van der Waals surface area contributed by atoms with Crippen LogP contribution in [0.3, 0.4) is 0 Å². The van der Waals surface area contributed by atoms with Gasteiger partial charge in [-0.15, -0.1) is 0 Å². The number of sulfonamides is 1. The lowest BCUT2D eigenvalue weighted by molar-refractivity contribution is -0.146. The molecule has 0 radical (unpaired) electrons. The van der Waals surface area contributed by atoms with Gasteiger partial charge in [-0.2, -0.15) is 4.31 Å². The van der Waals surface area contributed by atoms with Crippen LogP contribution in [0.1, 0.15) is 26.7 Å². The molecule has 0 bridgehead atoms. The quantitative estimate of drug-likeness (QED) is 0.720. The molecule has 2 saturated heterocycles. The molecule has 0 spiro atoms. The van der Waals surface area contributed by atoms with Gasteiger partial charge in [-0.05, 0) is 26.7 Å². The molecule has 2 rings (SSSR count). The van der Waals surface area contributed by atoms with Gasteiger partial charge in [-0.25, -0.2) is 8.42 Å². The monoisotopic (exact) mass is 290 g/mol. The van der Waals surface area contributed by atoms with E-state index >= 15 is 0 Å². The predicted octanol–water partition coefficient (Wildman–Crippen LogP) is 0.0462. The Balaban J connectivity index is 2.10. The van der Waals surface area contributed by atoms with Crippen molar-refractivity contribution in [2.45, 2.75) is 44.9 Å². The fourth-order valence-electron chi connectivity index (χ4n) is 2.95. The summed E-state index contributed by atoms with van der Waals surface area (Å²) in [7, 11) is -3.31. The third-order valence-corrected chi connectivity index (χ3v) is 4.94. The molecule has 0 aromatic rings. The third kappa shape index (κ3) is 3.27. The maximum atomic E-state index is 12.5. The minimum absolute atomic E-state index is 0.000728. The first-order chi connectivity index (χ1) is 8.79. The fourth-order valence-corrected chi connectivity index (χ4v) is 4.07. The van der Waals surface area contributed by atoms with Crippen molar-refractivity contribution in [3.63, 3.8) is 0 Å². The lowest BCUT2D eigenvalue weighted by atomic mass is 10.1. The molecule has 3 atom stereocenters. The highest BCUT2D eigenvalue weighted by atomic mass is 32.2. The summed E-state index contributed by atoms with van der Waals surface area (Å²) >= 11 is 0. The van der Waals surface area contributed by atoms with E-state index in [0.29, 0.717) is 26.1 Å². The van der Waals surface area contributed by atoms with Gasteiger partial charge < -0.3 is 9.64 Å². The van der Waals surface area contributed by atoms with Gasteiger partial charge in [0, 0.05) is 19.6 Å². The summed E-state index contributed by atoms with van der Waals surface area (Å²) in [5.41, 5.74) is 0.